The van der Waals surface area contributed by atoms with Crippen LogP contribution in [-0.4, -0.2) is 190 Å². The quantitative estimate of drug-likeness (QED) is 0.188. The molecule has 0 aromatic heterocycles. The largest absolute Gasteiger partial charge is 0.382 e. The molecular weight excluding hydrogens is 604 g/mol. The Morgan fingerprint density at radius 1 is 0.311 bits per heavy atom. The summed E-state index contributed by atoms with van der Waals surface area (Å²) in [6.07, 6.45) is -10.6. The number of ether oxygens (including phenoxy) is 16. The van der Waals surface area contributed by atoms with Crippen molar-refractivity contribution in [3.05, 3.63) is 0 Å². The van der Waals surface area contributed by atoms with Crippen LogP contribution in [0, 0.1) is 0 Å². The van der Waals surface area contributed by atoms with Gasteiger partial charge in [0.05, 0.1) is 19.8 Å². The van der Waals surface area contributed by atoms with Crippen molar-refractivity contribution in [1.29, 1.82) is 0 Å². The van der Waals surface area contributed by atoms with Gasteiger partial charge in [-0.2, -0.15) is 0 Å². The lowest BCUT2D eigenvalue weighted by atomic mass is 9.96. The van der Waals surface area contributed by atoms with Crippen LogP contribution in [0.1, 0.15) is 0 Å². The first-order chi connectivity index (χ1) is 21.9. The average molecular weight is 659 g/mol. The number of methoxy groups -OCH3 is 11. The lowest BCUT2D eigenvalue weighted by Crippen LogP contribution is -2.67. The van der Waals surface area contributed by atoms with Crippen molar-refractivity contribution in [2.24, 2.45) is 0 Å². The van der Waals surface area contributed by atoms with Gasteiger partial charge < -0.3 is 75.8 Å². The molecule has 0 aromatic rings. The summed E-state index contributed by atoms with van der Waals surface area (Å²) in [6, 6.07) is 0. The van der Waals surface area contributed by atoms with Crippen molar-refractivity contribution in [2.75, 3.05) is 98.0 Å². The van der Waals surface area contributed by atoms with Crippen LogP contribution in [0.3, 0.4) is 0 Å². The van der Waals surface area contributed by atoms with E-state index in [1.165, 1.54) is 14.2 Å². The van der Waals surface area contributed by atoms with Gasteiger partial charge in [-0.1, -0.05) is 0 Å². The van der Waals surface area contributed by atoms with Crippen molar-refractivity contribution < 1.29 is 75.8 Å². The number of hydrogen-bond acceptors (Lipinski definition) is 16. The van der Waals surface area contributed by atoms with E-state index in [2.05, 4.69) is 0 Å². The van der Waals surface area contributed by atoms with E-state index in [0.717, 1.165) is 0 Å². The summed E-state index contributed by atoms with van der Waals surface area (Å²) in [7, 11) is 17.2. The molecule has 0 unspecified atom stereocenters. The summed E-state index contributed by atoms with van der Waals surface area (Å²) in [6.45, 7) is 0.608. The smallest absolute Gasteiger partial charge is 0.190 e. The molecule has 0 saturated carbocycles. The summed E-state index contributed by atoms with van der Waals surface area (Å²) in [5.41, 5.74) is 0. The Labute approximate surface area is 266 Å². The SMILES string of the molecule is COC[C@H]1O[C@@H](O[C@H]2[C@@H](O[C@H]3O[C@H](COC)[C@@H](OC)[C@H](OC)[C@H]3OC)O[C@H](COC)[C@@H](OC)[C@@H]2OC)[C@H](OC)[C@@H](OC)[C@@H]1OC. The Bertz CT molecular complexity index is 810. The maximum atomic E-state index is 6.68. The first kappa shape index (κ1) is 38.8. The fourth-order valence-electron chi connectivity index (χ4n) is 6.45. The van der Waals surface area contributed by atoms with Crippen molar-refractivity contribution in [3.63, 3.8) is 0 Å². The Balaban J connectivity index is 2.01. The van der Waals surface area contributed by atoms with Crippen LogP contribution < -0.4 is 0 Å². The molecule has 3 aliphatic heterocycles. The van der Waals surface area contributed by atoms with Gasteiger partial charge in [-0.05, 0) is 0 Å². The fraction of sp³-hybridized carbons (Fsp3) is 1.00. The molecule has 15 atom stereocenters. The Morgan fingerprint density at radius 3 is 0.867 bits per heavy atom. The molecule has 0 amide bonds. The highest BCUT2D eigenvalue weighted by molar-refractivity contribution is 4.98. The van der Waals surface area contributed by atoms with E-state index in [0.29, 0.717) is 0 Å². The predicted octanol–water partition coefficient (Wildman–Crippen LogP) is -0.378. The molecule has 45 heavy (non-hydrogen) atoms. The van der Waals surface area contributed by atoms with Gasteiger partial charge in [0.15, 0.2) is 18.9 Å². The molecule has 266 valence electrons. The second-order valence-electron chi connectivity index (χ2n) is 10.8. The third-order valence-corrected chi connectivity index (χ3v) is 8.50. The van der Waals surface area contributed by atoms with Crippen molar-refractivity contribution in [1.82, 2.24) is 0 Å². The van der Waals surface area contributed by atoms with Crippen LogP contribution in [0.5, 0.6) is 0 Å². The van der Waals surface area contributed by atoms with Crippen LogP contribution in [0.4, 0.5) is 0 Å². The third kappa shape index (κ3) is 8.70. The molecule has 3 heterocycles. The molecule has 0 radical (unpaired) electrons. The zero-order valence-electron chi connectivity index (χ0n) is 28.3. The van der Waals surface area contributed by atoms with E-state index >= 15 is 0 Å². The van der Waals surface area contributed by atoms with E-state index < -0.39 is 92.1 Å². The van der Waals surface area contributed by atoms with Crippen molar-refractivity contribution in [2.45, 2.75) is 92.1 Å². The maximum absolute atomic E-state index is 6.68. The molecule has 3 rings (SSSR count). The molecule has 16 nitrogen and oxygen atoms in total. The highest BCUT2D eigenvalue weighted by Gasteiger charge is 2.56. The number of hydrogen-bond donors (Lipinski definition) is 0. The van der Waals surface area contributed by atoms with Gasteiger partial charge in [0.25, 0.3) is 0 Å². The molecule has 0 bridgehead atoms. The summed E-state index contributed by atoms with van der Waals surface area (Å²) in [5, 5.41) is 0. The molecule has 16 heteroatoms. The van der Waals surface area contributed by atoms with Crippen molar-refractivity contribution >= 4 is 0 Å². The van der Waals surface area contributed by atoms with E-state index in [9.17, 15) is 0 Å². The molecular formula is C29H54O16. The minimum absolute atomic E-state index is 0.181. The van der Waals surface area contributed by atoms with Gasteiger partial charge in [-0.25, -0.2) is 0 Å². The van der Waals surface area contributed by atoms with Gasteiger partial charge in [0.1, 0.15) is 73.2 Å². The van der Waals surface area contributed by atoms with E-state index in [1.54, 1.807) is 64.0 Å². The summed E-state index contributed by atoms with van der Waals surface area (Å²) in [5.74, 6) is 0. The second-order valence-corrected chi connectivity index (χ2v) is 10.8. The standard InChI is InChI=1S/C29H54O16/c1-30-12-15-18(33-4)21(36-7)24(39-10)27(41-15)44-26-23(38-9)20(35-6)17(14-32-3)43-29(26)45-28-25(40-11)22(37-8)19(34-5)16(42-28)13-31-2/h15-29H,12-14H2,1-11H3/t15-,16-,17-,18-,19-,20-,21+,22+,23+,24-,25-,26-,27+,28-,29-/m1/s1. The summed E-state index contributed by atoms with van der Waals surface area (Å²) < 4.78 is 95.3. The van der Waals surface area contributed by atoms with Gasteiger partial charge >= 0.3 is 0 Å². The Hall–Kier alpha value is -0.640. The zero-order chi connectivity index (χ0) is 33.1. The fourth-order valence-corrected chi connectivity index (χ4v) is 6.45. The van der Waals surface area contributed by atoms with Gasteiger partial charge in [0, 0.05) is 78.2 Å². The topological polar surface area (TPSA) is 148 Å². The van der Waals surface area contributed by atoms with Gasteiger partial charge in [-0.15, -0.1) is 0 Å². The average Bonchev–Trinajstić information content (AvgIpc) is 3.05. The van der Waals surface area contributed by atoms with Crippen LogP contribution in [-0.2, 0) is 75.8 Å². The second kappa shape index (κ2) is 19.4. The summed E-state index contributed by atoms with van der Waals surface area (Å²) >= 11 is 0. The molecule has 3 aliphatic rings. The lowest BCUT2D eigenvalue weighted by molar-refractivity contribution is -0.406. The normalized spacial score (nSPS) is 42.6. The first-order valence-corrected chi connectivity index (χ1v) is 14.8. The summed E-state index contributed by atoms with van der Waals surface area (Å²) in [4.78, 5) is 0. The molecule has 3 saturated heterocycles. The van der Waals surface area contributed by atoms with Crippen LogP contribution in [0.15, 0.2) is 0 Å². The van der Waals surface area contributed by atoms with E-state index in [-0.39, 0.29) is 19.8 Å². The van der Waals surface area contributed by atoms with Gasteiger partial charge in [0.2, 0.25) is 0 Å². The molecule has 0 aromatic carbocycles. The minimum atomic E-state index is -1.10. The molecule has 0 N–H and O–H groups in total. The molecule has 0 aliphatic carbocycles. The molecule has 3 fully saturated rings. The van der Waals surface area contributed by atoms with E-state index in [4.69, 9.17) is 75.8 Å². The highest BCUT2D eigenvalue weighted by Crippen LogP contribution is 2.36. The first-order valence-electron chi connectivity index (χ1n) is 14.8. The third-order valence-electron chi connectivity index (χ3n) is 8.50. The Morgan fingerprint density at radius 2 is 0.578 bits per heavy atom. The van der Waals surface area contributed by atoms with Gasteiger partial charge in [-0.3, -0.25) is 0 Å². The monoisotopic (exact) mass is 658 g/mol. The number of rotatable bonds is 18. The highest BCUT2D eigenvalue weighted by atomic mass is 16.8. The van der Waals surface area contributed by atoms with Crippen LogP contribution in [0.2, 0.25) is 0 Å². The minimum Gasteiger partial charge on any atom is -0.382 e. The predicted molar refractivity (Wildman–Crippen MR) is 154 cm³/mol. The van der Waals surface area contributed by atoms with E-state index in [1.807, 2.05) is 0 Å². The van der Waals surface area contributed by atoms with Crippen LogP contribution >= 0.6 is 0 Å². The Kier molecular flexibility index (Phi) is 16.7. The zero-order valence-corrected chi connectivity index (χ0v) is 28.3. The lowest BCUT2D eigenvalue weighted by Gasteiger charge is -2.50. The molecule has 0 spiro atoms. The van der Waals surface area contributed by atoms with Crippen molar-refractivity contribution in [3.8, 4) is 0 Å². The van der Waals surface area contributed by atoms with Crippen LogP contribution in [0.25, 0.3) is 0 Å². The maximum Gasteiger partial charge on any atom is 0.190 e.